The molecule has 6 heteroatoms. The maximum atomic E-state index is 12.0. The maximum absolute atomic E-state index is 12.0. The lowest BCUT2D eigenvalue weighted by Gasteiger charge is -2.43. The van der Waals surface area contributed by atoms with Crippen LogP contribution in [0, 0.1) is 6.92 Å². The lowest BCUT2D eigenvalue weighted by atomic mass is 10.00. The number of likely N-dealkylation sites (tertiary alicyclic amines) is 1. The molecule has 0 aliphatic carbocycles. The summed E-state index contributed by atoms with van der Waals surface area (Å²) in [4.78, 5) is 19.0. The van der Waals surface area contributed by atoms with Crippen LogP contribution < -0.4 is 0 Å². The standard InChI is InChI=1S/C19H28ClN3O2/c1-14-3-4-17(20)16(13-14)18(19(24)25)23-11-9-22(10-12-23)15-5-7-21(2)8-6-15/h3-4,13,15,18H,5-12H2,1-2H3,(H,24,25)/t18-/m0/s1. The first-order chi connectivity index (χ1) is 12.0. The number of carbonyl (C=O) groups is 1. The Bertz CT molecular complexity index is 609. The number of carboxylic acids is 1. The van der Waals surface area contributed by atoms with E-state index in [2.05, 4.69) is 21.7 Å². The fourth-order valence-corrected chi connectivity index (χ4v) is 4.30. The van der Waals surface area contributed by atoms with Crippen molar-refractivity contribution in [2.24, 2.45) is 0 Å². The molecular formula is C19H28ClN3O2. The summed E-state index contributed by atoms with van der Waals surface area (Å²) < 4.78 is 0. The summed E-state index contributed by atoms with van der Waals surface area (Å²) >= 11 is 6.31. The van der Waals surface area contributed by atoms with Gasteiger partial charge in [-0.1, -0.05) is 29.3 Å². The monoisotopic (exact) mass is 365 g/mol. The van der Waals surface area contributed by atoms with Crippen LogP contribution in [-0.4, -0.2) is 78.1 Å². The van der Waals surface area contributed by atoms with Crippen LogP contribution in [-0.2, 0) is 4.79 Å². The molecule has 138 valence electrons. The van der Waals surface area contributed by atoms with Gasteiger partial charge in [0.2, 0.25) is 0 Å². The summed E-state index contributed by atoms with van der Waals surface area (Å²) in [5, 5.41) is 10.4. The Labute approximate surface area is 155 Å². The molecule has 25 heavy (non-hydrogen) atoms. The van der Waals surface area contributed by atoms with E-state index in [4.69, 9.17) is 11.6 Å². The van der Waals surface area contributed by atoms with Gasteiger partial charge < -0.3 is 10.0 Å². The molecule has 0 amide bonds. The molecule has 5 nitrogen and oxygen atoms in total. The Kier molecular flexibility index (Phi) is 6.00. The topological polar surface area (TPSA) is 47.0 Å². The van der Waals surface area contributed by atoms with Crippen molar-refractivity contribution in [3.8, 4) is 0 Å². The van der Waals surface area contributed by atoms with E-state index >= 15 is 0 Å². The largest absolute Gasteiger partial charge is 0.480 e. The highest BCUT2D eigenvalue weighted by Gasteiger charge is 2.33. The number of carboxylic acid groups (broad SMARTS) is 1. The van der Waals surface area contributed by atoms with Crippen LogP contribution >= 0.6 is 11.6 Å². The molecule has 0 spiro atoms. The quantitative estimate of drug-likeness (QED) is 0.888. The molecule has 0 radical (unpaired) electrons. The molecular weight excluding hydrogens is 338 g/mol. The number of benzene rings is 1. The predicted molar refractivity (Wildman–Crippen MR) is 100 cm³/mol. The molecule has 2 aliphatic rings. The first-order valence-corrected chi connectivity index (χ1v) is 9.49. The second-order valence-electron chi connectivity index (χ2n) is 7.37. The average molecular weight is 366 g/mol. The van der Waals surface area contributed by atoms with E-state index in [1.807, 2.05) is 19.1 Å². The van der Waals surface area contributed by atoms with Crippen LogP contribution in [0.3, 0.4) is 0 Å². The molecule has 0 unspecified atom stereocenters. The van der Waals surface area contributed by atoms with Crippen molar-refractivity contribution in [1.82, 2.24) is 14.7 Å². The number of hydrogen-bond donors (Lipinski definition) is 1. The summed E-state index contributed by atoms with van der Waals surface area (Å²) in [6, 6.07) is 5.61. The number of hydrogen-bond acceptors (Lipinski definition) is 4. The highest BCUT2D eigenvalue weighted by molar-refractivity contribution is 6.31. The van der Waals surface area contributed by atoms with E-state index in [0.29, 0.717) is 16.6 Å². The molecule has 3 rings (SSSR count). The van der Waals surface area contributed by atoms with Crippen LogP contribution in [0.1, 0.15) is 30.0 Å². The lowest BCUT2D eigenvalue weighted by Crippen LogP contribution is -2.54. The van der Waals surface area contributed by atoms with Gasteiger partial charge in [-0.15, -0.1) is 0 Å². The number of halogens is 1. The van der Waals surface area contributed by atoms with E-state index < -0.39 is 12.0 Å². The van der Waals surface area contributed by atoms with Crippen molar-refractivity contribution in [3.63, 3.8) is 0 Å². The molecule has 1 aromatic rings. The molecule has 2 saturated heterocycles. The first kappa shape index (κ1) is 18.6. The predicted octanol–water partition coefficient (Wildman–Crippen LogP) is 2.49. The number of rotatable bonds is 4. The summed E-state index contributed by atoms with van der Waals surface area (Å²) in [6.45, 7) is 7.68. The Morgan fingerprint density at radius 2 is 1.80 bits per heavy atom. The molecule has 0 saturated carbocycles. The Morgan fingerprint density at radius 1 is 1.16 bits per heavy atom. The summed E-state index contributed by atoms with van der Waals surface area (Å²) in [5.41, 5.74) is 1.75. The number of aryl methyl sites for hydroxylation is 1. The second-order valence-corrected chi connectivity index (χ2v) is 7.78. The maximum Gasteiger partial charge on any atom is 0.325 e. The van der Waals surface area contributed by atoms with Crippen molar-refractivity contribution in [1.29, 1.82) is 0 Å². The molecule has 0 aromatic heterocycles. The van der Waals surface area contributed by atoms with Crippen molar-refractivity contribution in [3.05, 3.63) is 34.3 Å². The normalized spacial score (nSPS) is 22.8. The smallest absolute Gasteiger partial charge is 0.325 e. The zero-order valence-corrected chi connectivity index (χ0v) is 15.9. The van der Waals surface area contributed by atoms with E-state index in [-0.39, 0.29) is 0 Å². The van der Waals surface area contributed by atoms with E-state index in [1.54, 1.807) is 6.07 Å². The van der Waals surface area contributed by atoms with Gasteiger partial charge in [-0.05, 0) is 51.5 Å². The average Bonchev–Trinajstić information content (AvgIpc) is 2.59. The van der Waals surface area contributed by atoms with Gasteiger partial charge in [-0.3, -0.25) is 14.6 Å². The van der Waals surface area contributed by atoms with Gasteiger partial charge >= 0.3 is 5.97 Å². The minimum Gasteiger partial charge on any atom is -0.480 e. The molecule has 2 fully saturated rings. The SMILES string of the molecule is Cc1ccc(Cl)c([C@@H](C(=O)O)N2CCN(C3CCN(C)CC3)CC2)c1. The van der Waals surface area contributed by atoms with Gasteiger partial charge in [-0.2, -0.15) is 0 Å². The molecule has 0 bridgehead atoms. The number of piperazine rings is 1. The molecule has 1 N–H and O–H groups in total. The first-order valence-electron chi connectivity index (χ1n) is 9.11. The van der Waals surface area contributed by atoms with Crippen molar-refractivity contribution < 1.29 is 9.90 Å². The fourth-order valence-electron chi connectivity index (χ4n) is 4.08. The van der Waals surface area contributed by atoms with Crippen LogP contribution in [0.2, 0.25) is 5.02 Å². The third kappa shape index (κ3) is 4.34. The van der Waals surface area contributed by atoms with Gasteiger partial charge in [0.15, 0.2) is 0 Å². The van der Waals surface area contributed by atoms with Gasteiger partial charge in [0.25, 0.3) is 0 Å². The van der Waals surface area contributed by atoms with Crippen LogP contribution in [0.15, 0.2) is 18.2 Å². The highest BCUT2D eigenvalue weighted by Crippen LogP contribution is 2.30. The van der Waals surface area contributed by atoms with E-state index in [0.717, 1.165) is 44.8 Å². The Balaban J connectivity index is 1.67. The van der Waals surface area contributed by atoms with E-state index in [9.17, 15) is 9.90 Å². The number of aliphatic carboxylic acids is 1. The minimum atomic E-state index is -0.819. The Hall–Kier alpha value is -1.14. The fraction of sp³-hybridized carbons (Fsp3) is 0.632. The van der Waals surface area contributed by atoms with Crippen molar-refractivity contribution in [2.75, 3.05) is 46.3 Å². The zero-order chi connectivity index (χ0) is 18.0. The number of nitrogens with zero attached hydrogens (tertiary/aromatic N) is 3. The third-order valence-corrected chi connectivity index (χ3v) is 5.94. The molecule has 2 heterocycles. The zero-order valence-electron chi connectivity index (χ0n) is 15.1. The van der Waals surface area contributed by atoms with E-state index in [1.165, 1.54) is 12.8 Å². The van der Waals surface area contributed by atoms with Crippen molar-refractivity contribution in [2.45, 2.75) is 31.8 Å². The molecule has 2 aliphatic heterocycles. The Morgan fingerprint density at radius 3 is 2.40 bits per heavy atom. The summed E-state index contributed by atoms with van der Waals surface area (Å²) in [6.07, 6.45) is 2.42. The van der Waals surface area contributed by atoms with Crippen LogP contribution in [0.25, 0.3) is 0 Å². The van der Waals surface area contributed by atoms with Crippen LogP contribution in [0.4, 0.5) is 0 Å². The lowest BCUT2D eigenvalue weighted by molar-refractivity contribution is -0.144. The summed E-state index contributed by atoms with van der Waals surface area (Å²) in [5.74, 6) is -0.819. The summed E-state index contributed by atoms with van der Waals surface area (Å²) in [7, 11) is 2.18. The van der Waals surface area contributed by atoms with Gasteiger partial charge in [0.05, 0.1) is 0 Å². The van der Waals surface area contributed by atoms with Gasteiger partial charge in [0.1, 0.15) is 6.04 Å². The second kappa shape index (κ2) is 8.04. The van der Waals surface area contributed by atoms with Gasteiger partial charge in [-0.25, -0.2) is 0 Å². The van der Waals surface area contributed by atoms with Gasteiger partial charge in [0, 0.05) is 37.2 Å². The highest BCUT2D eigenvalue weighted by atomic mass is 35.5. The van der Waals surface area contributed by atoms with Crippen LogP contribution in [0.5, 0.6) is 0 Å². The molecule has 1 atom stereocenters. The molecule has 1 aromatic carbocycles. The minimum absolute atomic E-state index is 0.538. The third-order valence-electron chi connectivity index (χ3n) is 5.60. The van der Waals surface area contributed by atoms with Crippen molar-refractivity contribution >= 4 is 17.6 Å². The number of piperidine rings is 1.